The summed E-state index contributed by atoms with van der Waals surface area (Å²) in [5.41, 5.74) is 1.70. The highest BCUT2D eigenvalue weighted by Gasteiger charge is 2.24. The Balaban J connectivity index is 1.93. The molecule has 1 aromatic carbocycles. The first-order valence-electron chi connectivity index (χ1n) is 7.86. The number of benzene rings is 1. The molecule has 5 nitrogen and oxygen atoms in total. The molecule has 2 aromatic heterocycles. The number of nitrogens with zero attached hydrogens (tertiary/aromatic N) is 3. The first kappa shape index (κ1) is 18.4. The molecule has 2 heterocycles. The van der Waals surface area contributed by atoms with Gasteiger partial charge in [0, 0.05) is 23.5 Å². The van der Waals surface area contributed by atoms with Crippen molar-refractivity contribution in [2.45, 2.75) is 44.6 Å². The summed E-state index contributed by atoms with van der Waals surface area (Å²) in [7, 11) is -1.98. The Morgan fingerprint density at radius 2 is 1.92 bits per heavy atom. The molecule has 134 valence electrons. The van der Waals surface area contributed by atoms with Crippen LogP contribution in [-0.4, -0.2) is 29.7 Å². The van der Waals surface area contributed by atoms with Gasteiger partial charge in [0.25, 0.3) is 0 Å². The fourth-order valence-electron chi connectivity index (χ4n) is 2.32. The highest BCUT2D eigenvalue weighted by atomic mass is 32.2. The molecule has 0 fully saturated rings. The molecule has 0 aliphatic heterocycles. The predicted octanol–water partition coefficient (Wildman–Crippen LogP) is 4.18. The van der Waals surface area contributed by atoms with E-state index in [4.69, 9.17) is 0 Å². The van der Waals surface area contributed by atoms with Crippen molar-refractivity contribution in [2.24, 2.45) is 0 Å². The Bertz CT molecular complexity index is 1010. The minimum Gasteiger partial charge on any atom is -0.245 e. The molecule has 25 heavy (non-hydrogen) atoms. The van der Waals surface area contributed by atoms with Crippen LogP contribution in [0, 0.1) is 6.92 Å². The monoisotopic (exact) mass is 395 g/mol. The van der Waals surface area contributed by atoms with Crippen molar-refractivity contribution in [3.63, 3.8) is 0 Å². The zero-order valence-electron chi connectivity index (χ0n) is 14.9. The van der Waals surface area contributed by atoms with Crippen LogP contribution in [0.2, 0.25) is 0 Å². The third-order valence-corrected chi connectivity index (χ3v) is 7.93. The Morgan fingerprint density at radius 3 is 2.52 bits per heavy atom. The van der Waals surface area contributed by atoms with Crippen LogP contribution >= 0.6 is 22.7 Å². The smallest absolute Gasteiger partial charge is 0.243 e. The first-order chi connectivity index (χ1) is 11.6. The maximum atomic E-state index is 12.9. The van der Waals surface area contributed by atoms with Crippen molar-refractivity contribution in [1.29, 1.82) is 0 Å². The fourth-order valence-corrected chi connectivity index (χ4v) is 5.52. The molecule has 0 amide bonds. The van der Waals surface area contributed by atoms with Crippen molar-refractivity contribution < 1.29 is 8.42 Å². The SMILES string of the molecule is Cc1csc(CN(C)S(=O)(=O)c2ccc3nc(C(C)(C)C)sc3c2)n1. The van der Waals surface area contributed by atoms with Gasteiger partial charge < -0.3 is 0 Å². The second-order valence-electron chi connectivity index (χ2n) is 7.04. The van der Waals surface area contributed by atoms with Gasteiger partial charge in [0.05, 0.1) is 26.7 Å². The molecule has 0 N–H and O–H groups in total. The number of fused-ring (bicyclic) bond motifs is 1. The standard InChI is InChI=1S/C17H21N3O2S3/c1-11-10-23-15(18-11)9-20(5)25(21,22)12-6-7-13-14(8-12)24-16(19-13)17(2,3)4/h6-8,10H,9H2,1-5H3. The minimum absolute atomic E-state index is 0.0534. The molecule has 3 aromatic rings. The molecule has 8 heteroatoms. The highest BCUT2D eigenvalue weighted by molar-refractivity contribution is 7.89. The Labute approximate surface area is 156 Å². The zero-order chi connectivity index (χ0) is 18.4. The maximum absolute atomic E-state index is 12.9. The lowest BCUT2D eigenvalue weighted by Gasteiger charge is -2.15. The number of aryl methyl sites for hydroxylation is 1. The van der Waals surface area contributed by atoms with E-state index in [9.17, 15) is 8.42 Å². The molecule has 3 rings (SSSR count). The fraction of sp³-hybridized carbons (Fsp3) is 0.412. The molecular formula is C17H21N3O2S3. The second-order valence-corrected chi connectivity index (χ2v) is 11.1. The van der Waals surface area contributed by atoms with Gasteiger partial charge in [0.15, 0.2) is 0 Å². The van der Waals surface area contributed by atoms with Crippen LogP contribution in [-0.2, 0) is 22.0 Å². The molecule has 0 bridgehead atoms. The van der Waals surface area contributed by atoms with E-state index >= 15 is 0 Å². The first-order valence-corrected chi connectivity index (χ1v) is 11.0. The molecule has 0 unspecified atom stereocenters. The van der Waals surface area contributed by atoms with Crippen LogP contribution in [0.25, 0.3) is 10.2 Å². The summed E-state index contributed by atoms with van der Waals surface area (Å²) in [5.74, 6) is 0. The topological polar surface area (TPSA) is 63.2 Å². The summed E-state index contributed by atoms with van der Waals surface area (Å²) in [5, 5.41) is 3.72. The van der Waals surface area contributed by atoms with E-state index < -0.39 is 10.0 Å². The van der Waals surface area contributed by atoms with Gasteiger partial charge in [-0.25, -0.2) is 18.4 Å². The van der Waals surface area contributed by atoms with Crippen LogP contribution in [0.1, 0.15) is 36.5 Å². The van der Waals surface area contributed by atoms with Gasteiger partial charge in [-0.1, -0.05) is 20.8 Å². The van der Waals surface area contributed by atoms with Crippen LogP contribution in [0.5, 0.6) is 0 Å². The van der Waals surface area contributed by atoms with E-state index in [1.54, 1.807) is 36.6 Å². The van der Waals surface area contributed by atoms with E-state index in [0.717, 1.165) is 25.9 Å². The van der Waals surface area contributed by atoms with Gasteiger partial charge in [0.1, 0.15) is 5.01 Å². The van der Waals surface area contributed by atoms with E-state index in [1.165, 1.54) is 15.6 Å². The van der Waals surface area contributed by atoms with Gasteiger partial charge in [-0.05, 0) is 25.1 Å². The van der Waals surface area contributed by atoms with Crippen molar-refractivity contribution in [1.82, 2.24) is 14.3 Å². The summed E-state index contributed by atoms with van der Waals surface area (Å²) >= 11 is 3.02. The Hall–Kier alpha value is -1.35. The Kier molecular flexibility index (Phi) is 4.74. The maximum Gasteiger partial charge on any atom is 0.243 e. The van der Waals surface area contributed by atoms with E-state index in [-0.39, 0.29) is 12.0 Å². The van der Waals surface area contributed by atoms with Crippen LogP contribution in [0.3, 0.4) is 0 Å². The van der Waals surface area contributed by atoms with E-state index in [2.05, 4.69) is 30.7 Å². The van der Waals surface area contributed by atoms with Crippen molar-refractivity contribution in [3.8, 4) is 0 Å². The minimum atomic E-state index is -3.57. The summed E-state index contributed by atoms with van der Waals surface area (Å²) in [4.78, 5) is 9.26. The summed E-state index contributed by atoms with van der Waals surface area (Å²) < 4.78 is 28.0. The summed E-state index contributed by atoms with van der Waals surface area (Å²) in [6, 6.07) is 5.14. The largest absolute Gasteiger partial charge is 0.245 e. The number of sulfonamides is 1. The van der Waals surface area contributed by atoms with E-state index in [0.29, 0.717) is 4.90 Å². The number of hydrogen-bond donors (Lipinski definition) is 0. The van der Waals surface area contributed by atoms with Gasteiger partial charge >= 0.3 is 0 Å². The molecule has 0 saturated heterocycles. The molecule has 0 spiro atoms. The van der Waals surface area contributed by atoms with Crippen LogP contribution in [0.4, 0.5) is 0 Å². The lowest BCUT2D eigenvalue weighted by atomic mass is 9.98. The van der Waals surface area contributed by atoms with Crippen molar-refractivity contribution >= 4 is 42.9 Å². The van der Waals surface area contributed by atoms with Gasteiger partial charge in [-0.3, -0.25) is 0 Å². The van der Waals surface area contributed by atoms with Gasteiger partial charge in [-0.15, -0.1) is 22.7 Å². The Morgan fingerprint density at radius 1 is 1.20 bits per heavy atom. The number of rotatable bonds is 4. The molecule has 0 radical (unpaired) electrons. The molecular weight excluding hydrogens is 374 g/mol. The second kappa shape index (κ2) is 6.42. The molecule has 0 saturated carbocycles. The number of hydrogen-bond acceptors (Lipinski definition) is 6. The molecule has 0 aliphatic carbocycles. The predicted molar refractivity (Wildman–Crippen MR) is 104 cm³/mol. The lowest BCUT2D eigenvalue weighted by Crippen LogP contribution is -2.26. The zero-order valence-corrected chi connectivity index (χ0v) is 17.3. The summed E-state index contributed by atoms with van der Waals surface area (Å²) in [6.45, 7) is 8.48. The average molecular weight is 396 g/mol. The lowest BCUT2D eigenvalue weighted by molar-refractivity contribution is 0.466. The molecule has 0 atom stereocenters. The third-order valence-electron chi connectivity index (χ3n) is 3.73. The quantitative estimate of drug-likeness (QED) is 0.665. The average Bonchev–Trinajstić information content (AvgIpc) is 3.12. The van der Waals surface area contributed by atoms with Gasteiger partial charge in [0.2, 0.25) is 10.0 Å². The molecule has 0 aliphatic rings. The van der Waals surface area contributed by atoms with Crippen molar-refractivity contribution in [3.05, 3.63) is 39.3 Å². The van der Waals surface area contributed by atoms with E-state index in [1.807, 2.05) is 12.3 Å². The number of thiazole rings is 2. The van der Waals surface area contributed by atoms with Crippen molar-refractivity contribution in [2.75, 3.05) is 7.05 Å². The normalized spacial score (nSPS) is 13.0. The highest BCUT2D eigenvalue weighted by Crippen LogP contribution is 2.32. The van der Waals surface area contributed by atoms with Gasteiger partial charge in [-0.2, -0.15) is 4.31 Å². The van der Waals surface area contributed by atoms with Crippen LogP contribution < -0.4 is 0 Å². The number of aromatic nitrogens is 2. The summed E-state index contributed by atoms with van der Waals surface area (Å²) in [6.07, 6.45) is 0. The third kappa shape index (κ3) is 3.76. The van der Waals surface area contributed by atoms with Crippen LogP contribution in [0.15, 0.2) is 28.5 Å².